The molecule has 0 heterocycles. The minimum absolute atomic E-state index is 0.258. The van der Waals surface area contributed by atoms with Crippen LogP contribution in [0.3, 0.4) is 0 Å². The van der Waals surface area contributed by atoms with Crippen LogP contribution in [0.25, 0.3) is 0 Å². The van der Waals surface area contributed by atoms with Gasteiger partial charge in [0.2, 0.25) is 5.12 Å². The Morgan fingerprint density at radius 3 is 2.00 bits per heavy atom. The summed E-state index contributed by atoms with van der Waals surface area (Å²) in [5.74, 6) is 0. The standard InChI is InChI=1S/C6H9OS3/c1-3-10(4-2)6(9)5(7)8/h3-4H,1-2H3,(H,7,8)/q-1. The van der Waals surface area contributed by atoms with Crippen molar-refractivity contribution in [2.75, 3.05) is 0 Å². The Hall–Kier alpha value is 0.200. The van der Waals surface area contributed by atoms with Crippen LogP contribution in [0.4, 0.5) is 0 Å². The number of hydrogen-bond donors (Lipinski definition) is 1. The molecule has 0 N–H and O–H groups in total. The number of carbonyl (C=O) groups is 1. The van der Waals surface area contributed by atoms with Crippen LogP contribution < -0.4 is 0 Å². The summed E-state index contributed by atoms with van der Waals surface area (Å²) in [6.45, 7) is 3.76. The maximum absolute atomic E-state index is 10.6. The summed E-state index contributed by atoms with van der Waals surface area (Å²) in [5.41, 5.74) is 0. The van der Waals surface area contributed by atoms with Crippen LogP contribution in [-0.2, 0) is 14.9 Å². The summed E-state index contributed by atoms with van der Waals surface area (Å²) < 4.78 is 0.397. The van der Waals surface area contributed by atoms with Gasteiger partial charge in [-0.15, -0.1) is 24.8 Å². The topological polar surface area (TPSA) is 17.1 Å². The van der Waals surface area contributed by atoms with Gasteiger partial charge in [0, 0.05) is 0 Å². The van der Waals surface area contributed by atoms with Crippen molar-refractivity contribution in [3.05, 3.63) is 0 Å². The largest absolute Gasteiger partial charge is 0.437 e. The highest BCUT2D eigenvalue weighted by Gasteiger charge is 1.88. The molecule has 4 heteroatoms. The highest BCUT2D eigenvalue weighted by atomic mass is 32.2. The van der Waals surface area contributed by atoms with Gasteiger partial charge in [-0.1, -0.05) is 13.8 Å². The quantitative estimate of drug-likeness (QED) is 0.381. The van der Waals surface area contributed by atoms with Gasteiger partial charge in [0.25, 0.3) is 0 Å². The van der Waals surface area contributed by atoms with Crippen molar-refractivity contribution in [2.45, 2.75) is 13.8 Å². The van der Waals surface area contributed by atoms with Gasteiger partial charge in [0.15, 0.2) is 0 Å². The fourth-order valence-electron chi connectivity index (χ4n) is 0.451. The normalized spacial score (nSPS) is 13.5. The summed E-state index contributed by atoms with van der Waals surface area (Å²) in [5, 5.41) is 3.50. The fourth-order valence-corrected chi connectivity index (χ4v) is 2.25. The van der Waals surface area contributed by atoms with Crippen LogP contribution in [0.5, 0.6) is 0 Å². The molecule has 0 rings (SSSR count). The highest BCUT2D eigenvalue weighted by molar-refractivity contribution is 8.24. The first-order valence-corrected chi connectivity index (χ1v) is 4.92. The van der Waals surface area contributed by atoms with Crippen molar-refractivity contribution in [3.8, 4) is 0 Å². The third-order valence-corrected chi connectivity index (χ3v) is 3.81. The van der Waals surface area contributed by atoms with E-state index in [4.69, 9.17) is 12.2 Å². The summed E-state index contributed by atoms with van der Waals surface area (Å²) in [4.78, 5) is 10.6. The van der Waals surface area contributed by atoms with Gasteiger partial charge in [-0.05, 0) is 4.20 Å². The van der Waals surface area contributed by atoms with Crippen molar-refractivity contribution in [3.63, 3.8) is 0 Å². The molecule has 0 amide bonds. The van der Waals surface area contributed by atoms with Crippen molar-refractivity contribution >= 4 is 55.0 Å². The lowest BCUT2D eigenvalue weighted by Gasteiger charge is -2.07. The number of hydrogen-bond acceptors (Lipinski definition) is 3. The second-order valence-electron chi connectivity index (χ2n) is 1.44. The molecule has 0 aliphatic rings. The Morgan fingerprint density at radius 1 is 1.50 bits per heavy atom. The molecule has 0 saturated carbocycles. The van der Waals surface area contributed by atoms with Crippen LogP contribution in [-0.4, -0.2) is 20.0 Å². The molecular formula is C6H9OS3-. The number of thiocarbonyl (C=S) groups is 1. The lowest BCUT2D eigenvalue weighted by atomic mass is 10.9. The molecule has 0 aliphatic carbocycles. The third kappa shape index (κ3) is 2.86. The average Bonchev–Trinajstić information content (AvgIpc) is 1.90. The van der Waals surface area contributed by atoms with Crippen LogP contribution in [0.1, 0.15) is 13.8 Å². The molecule has 1 nitrogen and oxygen atoms in total. The molecule has 0 aliphatic heterocycles. The average molecular weight is 193 g/mol. The maximum atomic E-state index is 10.6. The fraction of sp³-hybridized carbons (Fsp3) is 0.333. The summed E-state index contributed by atoms with van der Waals surface area (Å²) in [7, 11) is -0.258. The third-order valence-electron chi connectivity index (χ3n) is 0.897. The molecule has 0 aromatic carbocycles. The van der Waals surface area contributed by atoms with E-state index < -0.39 is 0 Å². The minimum Gasteiger partial charge on any atom is -0.437 e. The van der Waals surface area contributed by atoms with Gasteiger partial charge in [-0.3, -0.25) is 4.79 Å². The Bertz CT molecular complexity index is 223. The summed E-state index contributed by atoms with van der Waals surface area (Å²) in [6.07, 6.45) is 0. The molecule has 0 radical (unpaired) electrons. The van der Waals surface area contributed by atoms with Crippen molar-refractivity contribution in [1.29, 1.82) is 0 Å². The van der Waals surface area contributed by atoms with E-state index in [0.717, 1.165) is 0 Å². The van der Waals surface area contributed by atoms with Gasteiger partial charge in [0.05, 0.1) is 0 Å². The first kappa shape index (κ1) is 10.2. The minimum atomic E-state index is -0.297. The second-order valence-corrected chi connectivity index (χ2v) is 4.60. The Kier molecular flexibility index (Phi) is 5.03. The molecule has 0 atom stereocenters. The molecule has 0 bridgehead atoms. The molecule has 10 heavy (non-hydrogen) atoms. The predicted molar refractivity (Wildman–Crippen MR) is 57.4 cm³/mol. The van der Waals surface area contributed by atoms with Crippen LogP contribution in [0.15, 0.2) is 0 Å². The smallest absolute Gasteiger partial charge is 0.201 e. The molecule has 0 saturated heterocycles. The van der Waals surface area contributed by atoms with E-state index in [1.807, 2.05) is 24.6 Å². The molecular weight excluding hydrogens is 184 g/mol. The van der Waals surface area contributed by atoms with E-state index in [-0.39, 0.29) is 15.2 Å². The summed E-state index contributed by atoms with van der Waals surface area (Å²) in [6, 6.07) is 0. The van der Waals surface area contributed by atoms with Crippen LogP contribution in [0, 0.1) is 0 Å². The van der Waals surface area contributed by atoms with E-state index in [1.165, 1.54) is 0 Å². The summed E-state index contributed by atoms with van der Waals surface area (Å²) >= 11 is 8.45. The number of carbonyl (C=O) groups excluding carboxylic acids is 1. The van der Waals surface area contributed by atoms with Gasteiger partial charge in [0.1, 0.15) is 0 Å². The lowest BCUT2D eigenvalue weighted by molar-refractivity contribution is -0.105. The van der Waals surface area contributed by atoms with E-state index in [0.29, 0.717) is 4.20 Å². The highest BCUT2D eigenvalue weighted by Crippen LogP contribution is 1.87. The second kappa shape index (κ2) is 4.93. The zero-order valence-electron chi connectivity index (χ0n) is 5.83. The van der Waals surface area contributed by atoms with Gasteiger partial charge >= 0.3 is 0 Å². The number of rotatable bonds is 1. The molecule has 0 fully saturated rings. The Labute approximate surface area is 73.7 Å². The van der Waals surface area contributed by atoms with Crippen LogP contribution >= 0.6 is 24.8 Å². The number of thiol groups is 1. The molecule has 58 valence electrons. The zero-order chi connectivity index (χ0) is 8.15. The van der Waals surface area contributed by atoms with Crippen molar-refractivity contribution < 1.29 is 4.79 Å². The molecule has 0 aromatic rings. The molecule has 0 spiro atoms. The van der Waals surface area contributed by atoms with Gasteiger partial charge < -0.3 is 10.1 Å². The van der Waals surface area contributed by atoms with E-state index in [9.17, 15) is 4.79 Å². The van der Waals surface area contributed by atoms with Crippen molar-refractivity contribution in [1.82, 2.24) is 0 Å². The van der Waals surface area contributed by atoms with Gasteiger partial charge in [-0.2, -0.15) is 0 Å². The van der Waals surface area contributed by atoms with Gasteiger partial charge in [-0.25, -0.2) is 10.7 Å². The predicted octanol–water partition coefficient (Wildman–Crippen LogP) is 1.03. The zero-order valence-corrected chi connectivity index (χ0v) is 8.35. The lowest BCUT2D eigenvalue weighted by Crippen LogP contribution is -2.07. The monoisotopic (exact) mass is 193 g/mol. The first-order chi connectivity index (χ1) is 4.63. The Balaban J connectivity index is 4.68. The van der Waals surface area contributed by atoms with E-state index in [2.05, 4.69) is 12.6 Å². The molecule has 0 unspecified atom stereocenters. The van der Waals surface area contributed by atoms with Crippen molar-refractivity contribution in [2.24, 2.45) is 0 Å². The SMILES string of the molecule is CC=[S-](=CC)C(=S)C(=O)S. The molecule has 0 aromatic heterocycles. The first-order valence-electron chi connectivity index (χ1n) is 2.71. The maximum Gasteiger partial charge on any atom is 0.201 e. The Morgan fingerprint density at radius 2 is 1.90 bits per heavy atom. The van der Waals surface area contributed by atoms with E-state index >= 15 is 0 Å². The van der Waals surface area contributed by atoms with Crippen LogP contribution in [0.2, 0.25) is 0 Å². The van der Waals surface area contributed by atoms with E-state index in [1.54, 1.807) is 0 Å².